The van der Waals surface area contributed by atoms with Crippen molar-refractivity contribution in [3.8, 4) is 5.88 Å². The molecule has 5 heteroatoms. The van der Waals surface area contributed by atoms with E-state index in [2.05, 4.69) is 30.1 Å². The van der Waals surface area contributed by atoms with Crippen molar-refractivity contribution in [2.45, 2.75) is 45.8 Å². The summed E-state index contributed by atoms with van der Waals surface area (Å²) in [6.07, 6.45) is 3.25. The molecule has 1 aromatic heterocycles. The maximum Gasteiger partial charge on any atom is 0.239 e. The molecule has 0 amide bonds. The van der Waals surface area contributed by atoms with Crippen LogP contribution in [-0.2, 0) is 0 Å². The van der Waals surface area contributed by atoms with Crippen LogP contribution in [0.2, 0.25) is 0 Å². The summed E-state index contributed by atoms with van der Waals surface area (Å²) < 4.78 is 5.82. The van der Waals surface area contributed by atoms with E-state index in [9.17, 15) is 0 Å². The van der Waals surface area contributed by atoms with Crippen LogP contribution in [-0.4, -0.2) is 35.7 Å². The van der Waals surface area contributed by atoms with Crippen molar-refractivity contribution in [1.29, 1.82) is 0 Å². The van der Waals surface area contributed by atoms with Crippen molar-refractivity contribution in [2.75, 3.05) is 29.7 Å². The lowest BCUT2D eigenvalue weighted by molar-refractivity contribution is 0.125. The van der Waals surface area contributed by atoms with Gasteiger partial charge in [-0.1, -0.05) is 0 Å². The van der Waals surface area contributed by atoms with Crippen LogP contribution in [0.4, 0.5) is 11.5 Å². The molecule has 1 heterocycles. The van der Waals surface area contributed by atoms with E-state index in [1.807, 2.05) is 44.7 Å². The Kier molecular flexibility index (Phi) is 5.99. The van der Waals surface area contributed by atoms with Gasteiger partial charge in [0.05, 0.1) is 5.69 Å². The average Bonchev–Trinajstić information content (AvgIpc) is 2.36. The summed E-state index contributed by atoms with van der Waals surface area (Å²) >= 11 is 1.86. The van der Waals surface area contributed by atoms with E-state index < -0.39 is 0 Å². The largest absolute Gasteiger partial charge is 0.470 e. The van der Waals surface area contributed by atoms with Gasteiger partial charge in [0.15, 0.2) is 0 Å². The van der Waals surface area contributed by atoms with E-state index in [1.165, 1.54) is 0 Å². The van der Waals surface area contributed by atoms with Crippen molar-refractivity contribution in [1.82, 2.24) is 4.98 Å². The lowest BCUT2D eigenvalue weighted by Crippen LogP contribution is -2.30. The highest BCUT2D eigenvalue weighted by molar-refractivity contribution is 7.98. The lowest BCUT2D eigenvalue weighted by atomic mass is 10.2. The minimum absolute atomic E-state index is 0.303. The van der Waals surface area contributed by atoms with Crippen LogP contribution in [0.1, 0.15) is 34.1 Å². The molecule has 0 saturated carbocycles. The molecule has 0 bridgehead atoms. The second-order valence-electron chi connectivity index (χ2n) is 6.02. The maximum absolute atomic E-state index is 5.94. The Balaban J connectivity index is 2.88. The van der Waals surface area contributed by atoms with E-state index in [-0.39, 0.29) is 5.60 Å². The molecule has 1 atom stereocenters. The normalized spacial score (nSPS) is 13.1. The Morgan fingerprint density at radius 2 is 2.05 bits per heavy atom. The Bertz CT molecular complexity index is 432. The van der Waals surface area contributed by atoms with E-state index in [4.69, 9.17) is 10.5 Å². The topological polar surface area (TPSA) is 51.4 Å². The van der Waals surface area contributed by atoms with Gasteiger partial charge in [-0.25, -0.2) is 0 Å². The number of nitrogen functional groups attached to an aromatic ring is 1. The van der Waals surface area contributed by atoms with Crippen molar-refractivity contribution in [3.63, 3.8) is 0 Å². The fourth-order valence-corrected chi connectivity index (χ4v) is 2.29. The van der Waals surface area contributed by atoms with Gasteiger partial charge in [0.2, 0.25) is 5.88 Å². The number of hydrogen-bond donors (Lipinski definition) is 1. The van der Waals surface area contributed by atoms with Crippen LogP contribution < -0.4 is 15.4 Å². The zero-order chi connectivity index (χ0) is 15.3. The maximum atomic E-state index is 5.94. The van der Waals surface area contributed by atoms with Gasteiger partial charge in [-0.2, -0.15) is 16.7 Å². The SMILES string of the molecule is CSCCC(C)N(C)c1ccc(N)c(OC(C)(C)C)n1. The molecule has 1 unspecified atom stereocenters. The summed E-state index contributed by atoms with van der Waals surface area (Å²) in [4.78, 5) is 6.73. The van der Waals surface area contributed by atoms with Crippen LogP contribution in [0.15, 0.2) is 12.1 Å². The van der Waals surface area contributed by atoms with Crippen molar-refractivity contribution in [2.24, 2.45) is 0 Å². The predicted octanol–water partition coefficient (Wildman–Crippen LogP) is 3.42. The average molecular weight is 297 g/mol. The summed E-state index contributed by atoms with van der Waals surface area (Å²) in [7, 11) is 2.06. The first kappa shape index (κ1) is 17.0. The van der Waals surface area contributed by atoms with Gasteiger partial charge in [-0.05, 0) is 58.3 Å². The third-order valence-electron chi connectivity index (χ3n) is 3.04. The number of thioether (sulfide) groups is 1. The molecule has 2 N–H and O–H groups in total. The van der Waals surface area contributed by atoms with Gasteiger partial charge in [0.25, 0.3) is 0 Å². The third-order valence-corrected chi connectivity index (χ3v) is 3.68. The molecule has 0 spiro atoms. The van der Waals surface area contributed by atoms with Crippen LogP contribution in [0, 0.1) is 0 Å². The molecule has 0 aliphatic carbocycles. The van der Waals surface area contributed by atoms with Crippen molar-refractivity contribution < 1.29 is 4.74 Å². The molecule has 0 fully saturated rings. The van der Waals surface area contributed by atoms with Crippen LogP contribution in [0.3, 0.4) is 0 Å². The summed E-state index contributed by atoms with van der Waals surface area (Å²) in [6.45, 7) is 8.18. The number of ether oxygens (including phenoxy) is 1. The third kappa shape index (κ3) is 5.12. The van der Waals surface area contributed by atoms with Crippen LogP contribution >= 0.6 is 11.8 Å². The number of nitrogens with two attached hydrogens (primary N) is 1. The second kappa shape index (κ2) is 7.07. The molecule has 0 aliphatic heterocycles. The zero-order valence-electron chi connectivity index (χ0n) is 13.4. The monoisotopic (exact) mass is 297 g/mol. The number of hydrogen-bond acceptors (Lipinski definition) is 5. The Morgan fingerprint density at radius 1 is 1.40 bits per heavy atom. The number of nitrogens with zero attached hydrogens (tertiary/aromatic N) is 2. The standard InChI is InChI=1S/C15H27N3OS/c1-11(9-10-20-6)18(5)13-8-7-12(16)14(17-13)19-15(2,3)4/h7-8,11H,9-10,16H2,1-6H3. The number of pyridine rings is 1. The Morgan fingerprint density at radius 3 is 2.60 bits per heavy atom. The number of anilines is 2. The Labute approximate surface area is 127 Å². The van der Waals surface area contributed by atoms with Gasteiger partial charge in [-0.15, -0.1) is 0 Å². The lowest BCUT2D eigenvalue weighted by Gasteiger charge is -2.27. The number of rotatable bonds is 6. The first-order valence-electron chi connectivity index (χ1n) is 6.92. The highest BCUT2D eigenvalue weighted by Gasteiger charge is 2.17. The summed E-state index contributed by atoms with van der Waals surface area (Å²) in [5, 5.41) is 0. The molecule has 0 saturated heterocycles. The summed E-state index contributed by atoms with van der Waals surface area (Å²) in [5.74, 6) is 2.55. The van der Waals surface area contributed by atoms with Crippen molar-refractivity contribution in [3.05, 3.63) is 12.1 Å². The molecular formula is C15H27N3OS. The summed E-state index contributed by atoms with van der Waals surface area (Å²) in [5.41, 5.74) is 6.22. The molecular weight excluding hydrogens is 270 g/mol. The highest BCUT2D eigenvalue weighted by atomic mass is 32.2. The van der Waals surface area contributed by atoms with E-state index in [0.29, 0.717) is 17.6 Å². The van der Waals surface area contributed by atoms with Crippen LogP contribution in [0.5, 0.6) is 5.88 Å². The zero-order valence-corrected chi connectivity index (χ0v) is 14.3. The summed E-state index contributed by atoms with van der Waals surface area (Å²) in [6, 6.07) is 4.24. The van der Waals surface area contributed by atoms with E-state index in [1.54, 1.807) is 0 Å². The Hall–Kier alpha value is -1.10. The molecule has 0 radical (unpaired) electrons. The minimum atomic E-state index is -0.303. The molecule has 1 aromatic rings. The first-order chi connectivity index (χ1) is 9.24. The van der Waals surface area contributed by atoms with E-state index in [0.717, 1.165) is 18.0 Å². The molecule has 1 rings (SSSR count). The highest BCUT2D eigenvalue weighted by Crippen LogP contribution is 2.27. The fraction of sp³-hybridized carbons (Fsp3) is 0.667. The van der Waals surface area contributed by atoms with Gasteiger partial charge in [0.1, 0.15) is 11.4 Å². The quantitative estimate of drug-likeness (QED) is 0.872. The predicted molar refractivity (Wildman–Crippen MR) is 89.9 cm³/mol. The molecule has 4 nitrogen and oxygen atoms in total. The van der Waals surface area contributed by atoms with Crippen LogP contribution in [0.25, 0.3) is 0 Å². The van der Waals surface area contributed by atoms with Crippen molar-refractivity contribution >= 4 is 23.3 Å². The number of aromatic nitrogens is 1. The molecule has 0 aliphatic rings. The first-order valence-corrected chi connectivity index (χ1v) is 8.31. The molecule has 114 valence electrons. The van der Waals surface area contributed by atoms with Gasteiger partial charge in [0, 0.05) is 13.1 Å². The smallest absolute Gasteiger partial charge is 0.239 e. The van der Waals surface area contributed by atoms with Gasteiger partial charge < -0.3 is 15.4 Å². The molecule has 0 aromatic carbocycles. The second-order valence-corrected chi connectivity index (χ2v) is 7.01. The van der Waals surface area contributed by atoms with Gasteiger partial charge >= 0.3 is 0 Å². The molecule has 20 heavy (non-hydrogen) atoms. The van der Waals surface area contributed by atoms with Gasteiger partial charge in [-0.3, -0.25) is 0 Å². The van der Waals surface area contributed by atoms with E-state index >= 15 is 0 Å². The minimum Gasteiger partial charge on any atom is -0.470 e. The fourth-order valence-electron chi connectivity index (χ4n) is 1.72.